The Balaban J connectivity index is 1.62. The second-order valence-electron chi connectivity index (χ2n) is 6.73. The molecule has 0 aliphatic carbocycles. The number of para-hydroxylation sites is 1. The maximum atomic E-state index is 12.7. The lowest BCUT2D eigenvalue weighted by Crippen LogP contribution is -2.13. The fourth-order valence-corrected chi connectivity index (χ4v) is 4.42. The van der Waals surface area contributed by atoms with Crippen LogP contribution in [0.5, 0.6) is 11.5 Å². The van der Waals surface area contributed by atoms with Crippen LogP contribution < -0.4 is 9.54 Å². The number of rotatable bonds is 3. The van der Waals surface area contributed by atoms with Crippen molar-refractivity contribution in [3.63, 3.8) is 0 Å². The summed E-state index contributed by atoms with van der Waals surface area (Å²) in [6, 6.07) is 20.9. The van der Waals surface area contributed by atoms with Crippen molar-refractivity contribution in [1.29, 1.82) is 0 Å². The summed E-state index contributed by atoms with van der Waals surface area (Å²) in [7, 11) is 1.95. The van der Waals surface area contributed by atoms with Gasteiger partial charge in [-0.15, -0.1) is 0 Å². The predicted octanol–water partition coefficient (Wildman–Crippen LogP) is 5.39. The van der Waals surface area contributed by atoms with Crippen LogP contribution >= 0.6 is 11.3 Å². The number of fused-ring (bicyclic) bond motifs is 1. The molecule has 0 atom stereocenters. The van der Waals surface area contributed by atoms with E-state index in [-0.39, 0.29) is 5.91 Å². The van der Waals surface area contributed by atoms with Gasteiger partial charge in [-0.1, -0.05) is 35.6 Å². The molecule has 1 amide bonds. The van der Waals surface area contributed by atoms with Gasteiger partial charge in [-0.05, 0) is 67.4 Å². The Morgan fingerprint density at radius 1 is 0.964 bits per heavy atom. The molecule has 0 unspecified atom stereocenters. The Kier molecular flexibility index (Phi) is 4.84. The molecule has 0 spiro atoms. The first-order valence-corrected chi connectivity index (χ1v) is 9.82. The van der Waals surface area contributed by atoms with E-state index in [4.69, 9.17) is 4.74 Å². The van der Waals surface area contributed by atoms with Crippen molar-refractivity contribution in [2.45, 2.75) is 13.8 Å². The van der Waals surface area contributed by atoms with Gasteiger partial charge in [0.25, 0.3) is 5.91 Å². The number of hydrogen-bond acceptors (Lipinski definition) is 3. The van der Waals surface area contributed by atoms with Crippen LogP contribution in [0.3, 0.4) is 0 Å². The van der Waals surface area contributed by atoms with E-state index in [0.29, 0.717) is 16.1 Å². The number of carbonyl (C=O) groups is 1. The number of hydrogen-bond donors (Lipinski definition) is 0. The van der Waals surface area contributed by atoms with Crippen molar-refractivity contribution in [2.24, 2.45) is 12.0 Å². The number of aryl methyl sites for hydroxylation is 3. The first-order chi connectivity index (χ1) is 13.5. The summed E-state index contributed by atoms with van der Waals surface area (Å²) in [4.78, 5) is 17.7. The van der Waals surface area contributed by atoms with Gasteiger partial charge >= 0.3 is 0 Å². The minimum atomic E-state index is -0.261. The standard InChI is InChI=1S/C23H20N2O2S/c1-15-13-16(2)21-20(14-15)28-23(25(21)3)24-22(26)17-9-11-19(12-10-17)27-18-7-5-4-6-8-18/h4-14H,1-3H3. The fourth-order valence-electron chi connectivity index (χ4n) is 3.23. The average Bonchev–Trinajstić information content (AvgIpc) is 2.98. The summed E-state index contributed by atoms with van der Waals surface area (Å²) in [6.07, 6.45) is 0. The first-order valence-electron chi connectivity index (χ1n) is 9.00. The van der Waals surface area contributed by atoms with Crippen molar-refractivity contribution >= 4 is 27.5 Å². The van der Waals surface area contributed by atoms with E-state index in [1.54, 1.807) is 24.3 Å². The zero-order chi connectivity index (χ0) is 19.7. The van der Waals surface area contributed by atoms with E-state index in [1.165, 1.54) is 22.5 Å². The number of thiazole rings is 1. The third kappa shape index (κ3) is 3.62. The SMILES string of the molecule is Cc1cc(C)c2c(c1)sc(=NC(=O)c1ccc(Oc3ccccc3)cc1)n2C. The average molecular weight is 388 g/mol. The lowest BCUT2D eigenvalue weighted by molar-refractivity contribution is 0.0998. The van der Waals surface area contributed by atoms with Crippen molar-refractivity contribution in [1.82, 2.24) is 4.57 Å². The highest BCUT2D eigenvalue weighted by atomic mass is 32.1. The molecule has 0 radical (unpaired) electrons. The Hall–Kier alpha value is -3.18. The highest BCUT2D eigenvalue weighted by molar-refractivity contribution is 7.16. The minimum Gasteiger partial charge on any atom is -0.457 e. The number of carbonyl (C=O) groups excluding carboxylic acids is 1. The molecule has 5 heteroatoms. The smallest absolute Gasteiger partial charge is 0.279 e. The molecule has 140 valence electrons. The van der Waals surface area contributed by atoms with Gasteiger partial charge < -0.3 is 9.30 Å². The Morgan fingerprint density at radius 3 is 2.36 bits per heavy atom. The summed E-state index contributed by atoms with van der Waals surface area (Å²) in [5.41, 5.74) is 4.04. The largest absolute Gasteiger partial charge is 0.457 e. The molecule has 1 heterocycles. The van der Waals surface area contributed by atoms with Gasteiger partial charge in [0.2, 0.25) is 0 Å². The van der Waals surface area contributed by atoms with Crippen LogP contribution in [0, 0.1) is 13.8 Å². The number of amides is 1. The second-order valence-corrected chi connectivity index (χ2v) is 7.74. The quantitative estimate of drug-likeness (QED) is 0.472. The van der Waals surface area contributed by atoms with Gasteiger partial charge in [0, 0.05) is 12.6 Å². The van der Waals surface area contributed by atoms with Crippen LogP contribution in [0.1, 0.15) is 21.5 Å². The molecule has 3 aromatic carbocycles. The van der Waals surface area contributed by atoms with Gasteiger partial charge in [0.1, 0.15) is 11.5 Å². The van der Waals surface area contributed by atoms with Crippen LogP contribution in [-0.2, 0) is 7.05 Å². The predicted molar refractivity (Wildman–Crippen MR) is 113 cm³/mol. The normalized spacial score (nSPS) is 11.8. The highest BCUT2D eigenvalue weighted by Gasteiger charge is 2.10. The highest BCUT2D eigenvalue weighted by Crippen LogP contribution is 2.23. The van der Waals surface area contributed by atoms with E-state index >= 15 is 0 Å². The molecule has 28 heavy (non-hydrogen) atoms. The summed E-state index contributed by atoms with van der Waals surface area (Å²) in [6.45, 7) is 4.16. The molecule has 0 saturated carbocycles. The molecule has 0 N–H and O–H groups in total. The maximum absolute atomic E-state index is 12.7. The summed E-state index contributed by atoms with van der Waals surface area (Å²) in [5.74, 6) is 1.18. The molecule has 4 aromatic rings. The number of ether oxygens (including phenoxy) is 1. The van der Waals surface area contributed by atoms with E-state index in [1.807, 2.05) is 41.9 Å². The van der Waals surface area contributed by atoms with Crippen LogP contribution in [0.2, 0.25) is 0 Å². The zero-order valence-electron chi connectivity index (χ0n) is 16.0. The first kappa shape index (κ1) is 18.2. The number of benzene rings is 3. The topological polar surface area (TPSA) is 43.6 Å². The minimum absolute atomic E-state index is 0.261. The van der Waals surface area contributed by atoms with Crippen LogP contribution in [0.25, 0.3) is 10.2 Å². The van der Waals surface area contributed by atoms with E-state index in [9.17, 15) is 4.79 Å². The van der Waals surface area contributed by atoms with Gasteiger partial charge in [-0.2, -0.15) is 4.99 Å². The fraction of sp³-hybridized carbons (Fsp3) is 0.130. The van der Waals surface area contributed by atoms with Gasteiger partial charge in [0.15, 0.2) is 4.80 Å². The summed E-state index contributed by atoms with van der Waals surface area (Å²) >= 11 is 1.53. The summed E-state index contributed by atoms with van der Waals surface area (Å²) in [5, 5.41) is 0. The molecule has 4 rings (SSSR count). The van der Waals surface area contributed by atoms with Crippen molar-refractivity contribution in [2.75, 3.05) is 0 Å². The second kappa shape index (κ2) is 7.44. The molecular weight excluding hydrogens is 368 g/mol. The molecule has 0 fully saturated rings. The molecule has 0 bridgehead atoms. The molecular formula is C23H20N2O2S. The van der Waals surface area contributed by atoms with E-state index in [0.717, 1.165) is 16.0 Å². The summed E-state index contributed by atoms with van der Waals surface area (Å²) < 4.78 is 8.89. The van der Waals surface area contributed by atoms with Crippen molar-refractivity contribution in [3.8, 4) is 11.5 Å². The Labute approximate surface area is 167 Å². The van der Waals surface area contributed by atoms with Gasteiger partial charge in [-0.25, -0.2) is 0 Å². The number of nitrogens with zero attached hydrogens (tertiary/aromatic N) is 2. The third-order valence-corrected chi connectivity index (χ3v) is 5.59. The molecule has 4 nitrogen and oxygen atoms in total. The van der Waals surface area contributed by atoms with E-state index in [2.05, 4.69) is 31.0 Å². The van der Waals surface area contributed by atoms with Gasteiger partial charge in [0.05, 0.1) is 10.2 Å². The molecule has 1 aromatic heterocycles. The third-order valence-electron chi connectivity index (χ3n) is 4.51. The zero-order valence-corrected chi connectivity index (χ0v) is 16.8. The van der Waals surface area contributed by atoms with Gasteiger partial charge in [-0.3, -0.25) is 4.79 Å². The maximum Gasteiger partial charge on any atom is 0.279 e. The molecule has 0 aliphatic heterocycles. The van der Waals surface area contributed by atoms with E-state index < -0.39 is 0 Å². The van der Waals surface area contributed by atoms with Crippen LogP contribution in [0.4, 0.5) is 0 Å². The van der Waals surface area contributed by atoms with Crippen LogP contribution in [-0.4, -0.2) is 10.5 Å². The van der Waals surface area contributed by atoms with Crippen molar-refractivity contribution < 1.29 is 9.53 Å². The number of aromatic nitrogens is 1. The lowest BCUT2D eigenvalue weighted by atomic mass is 10.1. The Morgan fingerprint density at radius 2 is 1.64 bits per heavy atom. The van der Waals surface area contributed by atoms with Crippen molar-refractivity contribution in [3.05, 3.63) is 88.2 Å². The monoisotopic (exact) mass is 388 g/mol. The lowest BCUT2D eigenvalue weighted by Gasteiger charge is -2.05. The van der Waals surface area contributed by atoms with Crippen LogP contribution in [0.15, 0.2) is 71.7 Å². The molecule has 0 saturated heterocycles. The Bertz CT molecular complexity index is 1220. The molecule has 0 aliphatic rings.